The smallest absolute Gasteiger partial charge is 0.238 e. The lowest BCUT2D eigenvalue weighted by atomic mass is 9.85. The van der Waals surface area contributed by atoms with Crippen molar-refractivity contribution in [2.45, 2.75) is 13.3 Å². The number of rotatable bonds is 2. The van der Waals surface area contributed by atoms with Gasteiger partial charge in [-0.1, -0.05) is 23.8 Å². The van der Waals surface area contributed by atoms with Gasteiger partial charge in [-0.25, -0.2) is 4.90 Å². The number of carbonyl (C=O) groups is 3. The highest BCUT2D eigenvalue weighted by atomic mass is 35.5. The second-order valence-electron chi connectivity index (χ2n) is 6.36. The van der Waals surface area contributed by atoms with Gasteiger partial charge in [0.25, 0.3) is 0 Å². The molecule has 0 radical (unpaired) electrons. The van der Waals surface area contributed by atoms with Gasteiger partial charge in [0.15, 0.2) is 0 Å². The summed E-state index contributed by atoms with van der Waals surface area (Å²) in [6.45, 7) is 1.38. The lowest BCUT2D eigenvalue weighted by molar-refractivity contribution is -0.123. The Kier molecular flexibility index (Phi) is 3.10. The number of nitrogens with one attached hydrogen (secondary N) is 1. The first-order valence-electron chi connectivity index (χ1n) is 7.60. The van der Waals surface area contributed by atoms with Crippen LogP contribution in [-0.2, 0) is 14.4 Å². The van der Waals surface area contributed by atoms with E-state index in [0.717, 1.165) is 6.42 Å². The van der Waals surface area contributed by atoms with Gasteiger partial charge in [0.05, 0.1) is 28.2 Å². The van der Waals surface area contributed by atoms with E-state index in [1.165, 1.54) is 11.8 Å². The molecule has 4 atom stereocenters. The minimum Gasteiger partial charge on any atom is -0.325 e. The zero-order chi connectivity index (χ0) is 16.3. The van der Waals surface area contributed by atoms with Crippen LogP contribution in [0, 0.1) is 23.7 Å². The molecular formula is C17H15ClN2O3. The highest BCUT2D eigenvalue weighted by molar-refractivity contribution is 6.34. The lowest BCUT2D eigenvalue weighted by Gasteiger charge is -2.18. The van der Waals surface area contributed by atoms with Crippen LogP contribution >= 0.6 is 11.6 Å². The molecule has 118 valence electrons. The number of imide groups is 1. The summed E-state index contributed by atoms with van der Waals surface area (Å²) in [7, 11) is 0. The van der Waals surface area contributed by atoms with E-state index in [9.17, 15) is 14.4 Å². The average Bonchev–Trinajstić information content (AvgIpc) is 3.16. The Bertz CT molecular complexity index is 743. The summed E-state index contributed by atoms with van der Waals surface area (Å²) in [4.78, 5) is 38.0. The standard InChI is InChI=1S/C17H15ClN2O3/c1-8(21)19-13-7-11(4-5-12(13)18)20-16(22)14-9-2-3-10(6-9)15(14)17(20)23/h2-5,7,9-10,14-15H,6H2,1H3,(H,19,21)/t9-,10-,14+,15+/m0/s1. The number of anilines is 2. The van der Waals surface area contributed by atoms with E-state index in [4.69, 9.17) is 11.6 Å². The Morgan fingerprint density at radius 2 is 1.78 bits per heavy atom. The van der Waals surface area contributed by atoms with E-state index in [1.54, 1.807) is 18.2 Å². The number of hydrogen-bond acceptors (Lipinski definition) is 3. The SMILES string of the molecule is CC(=O)Nc1cc(N2C(=O)[C@H]3[C@H](C2=O)[C@H]2C=C[C@H]3C2)ccc1Cl. The van der Waals surface area contributed by atoms with Gasteiger partial charge < -0.3 is 5.32 Å². The van der Waals surface area contributed by atoms with Crippen molar-refractivity contribution in [3.05, 3.63) is 35.4 Å². The molecule has 3 amide bonds. The number of carbonyl (C=O) groups excluding carboxylic acids is 3. The van der Waals surface area contributed by atoms with Gasteiger partial charge in [0, 0.05) is 6.92 Å². The minimum absolute atomic E-state index is 0.145. The Labute approximate surface area is 138 Å². The zero-order valence-electron chi connectivity index (χ0n) is 12.5. The van der Waals surface area contributed by atoms with Crippen LogP contribution in [0.1, 0.15) is 13.3 Å². The fraction of sp³-hybridized carbons (Fsp3) is 0.353. The second-order valence-corrected chi connectivity index (χ2v) is 6.76. The van der Waals surface area contributed by atoms with Crippen LogP contribution in [0.2, 0.25) is 5.02 Å². The molecule has 23 heavy (non-hydrogen) atoms. The molecular weight excluding hydrogens is 316 g/mol. The predicted molar refractivity (Wildman–Crippen MR) is 86.0 cm³/mol. The predicted octanol–water partition coefficient (Wildman–Crippen LogP) is 2.61. The van der Waals surface area contributed by atoms with Crippen molar-refractivity contribution in [3.63, 3.8) is 0 Å². The average molecular weight is 331 g/mol. The maximum atomic E-state index is 12.8. The van der Waals surface area contributed by atoms with Gasteiger partial charge in [0.2, 0.25) is 17.7 Å². The van der Waals surface area contributed by atoms with Crippen molar-refractivity contribution in [2.75, 3.05) is 10.2 Å². The van der Waals surface area contributed by atoms with Crippen LogP contribution in [0.3, 0.4) is 0 Å². The van der Waals surface area contributed by atoms with Crippen molar-refractivity contribution in [3.8, 4) is 0 Å². The molecule has 1 N–H and O–H groups in total. The summed E-state index contributed by atoms with van der Waals surface area (Å²) >= 11 is 6.06. The summed E-state index contributed by atoms with van der Waals surface area (Å²) in [6, 6.07) is 4.80. The third-order valence-electron chi connectivity index (χ3n) is 4.99. The Hall–Kier alpha value is -2.14. The maximum absolute atomic E-state index is 12.8. The quantitative estimate of drug-likeness (QED) is 0.669. The molecule has 1 aliphatic heterocycles. The largest absolute Gasteiger partial charge is 0.325 e. The van der Waals surface area contributed by atoms with Crippen LogP contribution in [0.15, 0.2) is 30.4 Å². The Morgan fingerprint density at radius 3 is 2.35 bits per heavy atom. The molecule has 1 saturated carbocycles. The number of allylic oxidation sites excluding steroid dienone is 2. The van der Waals surface area contributed by atoms with Crippen LogP contribution in [-0.4, -0.2) is 17.7 Å². The van der Waals surface area contributed by atoms with Crippen LogP contribution < -0.4 is 10.2 Å². The van der Waals surface area contributed by atoms with E-state index in [1.807, 2.05) is 0 Å². The number of amides is 3. The van der Waals surface area contributed by atoms with Crippen molar-refractivity contribution in [1.29, 1.82) is 0 Å². The van der Waals surface area contributed by atoms with E-state index in [0.29, 0.717) is 16.4 Å². The van der Waals surface area contributed by atoms with Crippen LogP contribution in [0.5, 0.6) is 0 Å². The van der Waals surface area contributed by atoms with E-state index in [-0.39, 0.29) is 41.4 Å². The molecule has 2 aliphatic carbocycles. The van der Waals surface area contributed by atoms with Gasteiger partial charge >= 0.3 is 0 Å². The first kappa shape index (κ1) is 14.5. The number of hydrogen-bond donors (Lipinski definition) is 1. The third kappa shape index (κ3) is 2.03. The summed E-state index contributed by atoms with van der Waals surface area (Å²) in [5, 5.41) is 2.98. The van der Waals surface area contributed by atoms with Crippen LogP contribution in [0.4, 0.5) is 11.4 Å². The molecule has 4 rings (SSSR count). The minimum atomic E-state index is -0.262. The zero-order valence-corrected chi connectivity index (χ0v) is 13.2. The molecule has 0 aromatic heterocycles. The molecule has 2 bridgehead atoms. The number of benzene rings is 1. The summed E-state index contributed by atoms with van der Waals surface area (Å²) in [6.07, 6.45) is 5.02. The second kappa shape index (κ2) is 4.93. The molecule has 6 heteroatoms. The molecule has 1 aromatic carbocycles. The molecule has 1 saturated heterocycles. The van der Waals surface area contributed by atoms with Gasteiger partial charge in [0.1, 0.15) is 0 Å². The van der Waals surface area contributed by atoms with Gasteiger partial charge in [-0.15, -0.1) is 0 Å². The summed E-state index contributed by atoms with van der Waals surface area (Å²) in [5.74, 6) is -0.681. The van der Waals surface area contributed by atoms with E-state index in [2.05, 4.69) is 17.5 Å². The molecule has 2 fully saturated rings. The van der Waals surface area contributed by atoms with E-state index < -0.39 is 0 Å². The number of fused-ring (bicyclic) bond motifs is 5. The summed E-state index contributed by atoms with van der Waals surface area (Å²) in [5.41, 5.74) is 0.859. The highest BCUT2D eigenvalue weighted by Crippen LogP contribution is 2.53. The lowest BCUT2D eigenvalue weighted by Crippen LogP contribution is -2.32. The third-order valence-corrected chi connectivity index (χ3v) is 5.32. The Balaban J connectivity index is 1.70. The monoisotopic (exact) mass is 330 g/mol. The number of halogens is 1. The summed E-state index contributed by atoms with van der Waals surface area (Å²) < 4.78 is 0. The van der Waals surface area contributed by atoms with Crippen molar-refractivity contribution in [1.82, 2.24) is 0 Å². The van der Waals surface area contributed by atoms with Gasteiger partial charge in [-0.3, -0.25) is 14.4 Å². The highest BCUT2D eigenvalue weighted by Gasteiger charge is 2.59. The molecule has 1 aromatic rings. The molecule has 0 spiro atoms. The molecule has 1 heterocycles. The van der Waals surface area contributed by atoms with Gasteiger partial charge in [-0.05, 0) is 36.5 Å². The molecule has 3 aliphatic rings. The topological polar surface area (TPSA) is 66.5 Å². The van der Waals surface area contributed by atoms with Crippen molar-refractivity contribution in [2.24, 2.45) is 23.7 Å². The normalized spacial score (nSPS) is 31.0. The fourth-order valence-electron chi connectivity index (χ4n) is 4.09. The van der Waals surface area contributed by atoms with Crippen molar-refractivity contribution >= 4 is 40.7 Å². The molecule has 5 nitrogen and oxygen atoms in total. The molecule has 0 unspecified atom stereocenters. The first-order chi connectivity index (χ1) is 11.0. The Morgan fingerprint density at radius 1 is 1.17 bits per heavy atom. The van der Waals surface area contributed by atoms with Crippen molar-refractivity contribution < 1.29 is 14.4 Å². The maximum Gasteiger partial charge on any atom is 0.238 e. The van der Waals surface area contributed by atoms with E-state index >= 15 is 0 Å². The first-order valence-corrected chi connectivity index (χ1v) is 7.98. The van der Waals surface area contributed by atoms with Gasteiger partial charge in [-0.2, -0.15) is 0 Å². The van der Waals surface area contributed by atoms with Crippen LogP contribution in [0.25, 0.3) is 0 Å². The number of nitrogens with zero attached hydrogens (tertiary/aromatic N) is 1. The fourth-order valence-corrected chi connectivity index (χ4v) is 4.26.